The summed E-state index contributed by atoms with van der Waals surface area (Å²) in [6.45, 7) is 5.71. The van der Waals surface area contributed by atoms with Crippen LogP contribution in [-0.4, -0.2) is 38.8 Å². The Labute approximate surface area is 157 Å². The molecule has 3 aromatic rings. The van der Waals surface area contributed by atoms with Crippen LogP contribution in [0.4, 0.5) is 14.9 Å². The molecule has 7 heteroatoms. The van der Waals surface area contributed by atoms with Crippen molar-refractivity contribution in [2.24, 2.45) is 0 Å². The quantitative estimate of drug-likeness (QED) is 0.750. The zero-order valence-corrected chi connectivity index (χ0v) is 15.4. The van der Waals surface area contributed by atoms with Gasteiger partial charge in [-0.15, -0.1) is 5.10 Å². The summed E-state index contributed by atoms with van der Waals surface area (Å²) in [5.41, 5.74) is 2.48. The predicted molar refractivity (Wildman–Crippen MR) is 103 cm³/mol. The molecule has 0 bridgehead atoms. The molecule has 1 aliphatic rings. The van der Waals surface area contributed by atoms with Crippen molar-refractivity contribution in [2.75, 3.05) is 18.4 Å². The Morgan fingerprint density at radius 1 is 1.22 bits per heavy atom. The number of aromatic nitrogens is 3. The van der Waals surface area contributed by atoms with Crippen molar-refractivity contribution < 1.29 is 9.18 Å². The van der Waals surface area contributed by atoms with Gasteiger partial charge in [0.15, 0.2) is 5.65 Å². The number of pyridine rings is 1. The number of fused-ring (bicyclic) bond motifs is 1. The van der Waals surface area contributed by atoms with Crippen LogP contribution in [0.3, 0.4) is 0 Å². The van der Waals surface area contributed by atoms with Crippen LogP contribution in [0, 0.1) is 5.82 Å². The highest BCUT2D eigenvalue weighted by Gasteiger charge is 2.18. The molecule has 2 aromatic heterocycles. The van der Waals surface area contributed by atoms with Gasteiger partial charge >= 0.3 is 6.03 Å². The largest absolute Gasteiger partial charge is 0.325 e. The lowest BCUT2D eigenvalue weighted by Gasteiger charge is -2.16. The van der Waals surface area contributed by atoms with Gasteiger partial charge in [0.25, 0.3) is 0 Å². The number of rotatable bonds is 3. The second-order valence-electron chi connectivity index (χ2n) is 7.20. The first-order chi connectivity index (χ1) is 13.0. The van der Waals surface area contributed by atoms with E-state index in [9.17, 15) is 9.18 Å². The summed E-state index contributed by atoms with van der Waals surface area (Å²) in [5.74, 6) is -0.0582. The predicted octanol–water partition coefficient (Wildman–Crippen LogP) is 4.31. The summed E-state index contributed by atoms with van der Waals surface area (Å²) in [6, 6.07) is 6.37. The van der Waals surface area contributed by atoms with Gasteiger partial charge in [0.1, 0.15) is 11.5 Å². The van der Waals surface area contributed by atoms with E-state index in [1.54, 1.807) is 29.4 Å². The summed E-state index contributed by atoms with van der Waals surface area (Å²) in [7, 11) is 0. The zero-order valence-electron chi connectivity index (χ0n) is 15.4. The Balaban J connectivity index is 1.64. The smallest absolute Gasteiger partial charge is 0.321 e. The van der Waals surface area contributed by atoms with Gasteiger partial charge in [0, 0.05) is 36.6 Å². The molecular formula is C20H22FN5O. The Kier molecular flexibility index (Phi) is 4.51. The van der Waals surface area contributed by atoms with Crippen LogP contribution in [0.25, 0.3) is 16.7 Å². The van der Waals surface area contributed by atoms with E-state index in [2.05, 4.69) is 29.2 Å². The summed E-state index contributed by atoms with van der Waals surface area (Å²) in [4.78, 5) is 18.4. The highest BCUT2D eigenvalue weighted by atomic mass is 19.1. The molecule has 0 aliphatic carbocycles. The molecule has 1 fully saturated rings. The molecule has 27 heavy (non-hydrogen) atoms. The van der Waals surface area contributed by atoms with Crippen LogP contribution in [0.15, 0.2) is 36.7 Å². The van der Waals surface area contributed by atoms with Gasteiger partial charge in [-0.05, 0) is 48.6 Å². The zero-order chi connectivity index (χ0) is 19.0. The van der Waals surface area contributed by atoms with Gasteiger partial charge in [0.2, 0.25) is 0 Å². The number of hydrogen-bond acceptors (Lipinski definition) is 3. The molecule has 0 radical (unpaired) electrons. The fraction of sp³-hybridized carbons (Fsp3) is 0.350. The first-order valence-corrected chi connectivity index (χ1v) is 9.22. The van der Waals surface area contributed by atoms with E-state index >= 15 is 0 Å². The lowest BCUT2D eigenvalue weighted by molar-refractivity contribution is 0.222. The minimum Gasteiger partial charge on any atom is -0.325 e. The SMILES string of the molecule is CC(C)c1cnc2nn(-c3cc(NC(=O)N4CCCC4)ccc3F)cc2c1. The average Bonchev–Trinajstić information content (AvgIpc) is 3.32. The second kappa shape index (κ2) is 6.98. The Morgan fingerprint density at radius 2 is 2.00 bits per heavy atom. The number of anilines is 1. The third-order valence-electron chi connectivity index (χ3n) is 4.88. The fourth-order valence-electron chi connectivity index (χ4n) is 3.26. The number of benzene rings is 1. The Hall–Kier alpha value is -2.96. The van der Waals surface area contributed by atoms with Crippen LogP contribution < -0.4 is 5.32 Å². The molecule has 1 saturated heterocycles. The molecule has 0 atom stereocenters. The Bertz CT molecular complexity index is 991. The van der Waals surface area contributed by atoms with Crippen molar-refractivity contribution in [1.29, 1.82) is 0 Å². The number of carbonyl (C=O) groups excluding carboxylic acids is 1. The van der Waals surface area contributed by atoms with Crippen molar-refractivity contribution in [1.82, 2.24) is 19.7 Å². The summed E-state index contributed by atoms with van der Waals surface area (Å²) in [5, 5.41) is 8.08. The van der Waals surface area contributed by atoms with Crippen LogP contribution >= 0.6 is 0 Å². The molecule has 140 valence electrons. The van der Waals surface area contributed by atoms with E-state index in [0.717, 1.165) is 36.9 Å². The Morgan fingerprint density at radius 3 is 2.74 bits per heavy atom. The first kappa shape index (κ1) is 17.5. The lowest BCUT2D eigenvalue weighted by Crippen LogP contribution is -2.32. The van der Waals surface area contributed by atoms with Crippen molar-refractivity contribution in [3.8, 4) is 5.69 Å². The van der Waals surface area contributed by atoms with Crippen LogP contribution in [0.5, 0.6) is 0 Å². The van der Waals surface area contributed by atoms with E-state index in [1.165, 1.54) is 10.7 Å². The van der Waals surface area contributed by atoms with Crippen molar-refractivity contribution >= 4 is 22.8 Å². The monoisotopic (exact) mass is 367 g/mol. The van der Waals surface area contributed by atoms with Crippen LogP contribution in [0.1, 0.15) is 38.2 Å². The third-order valence-corrected chi connectivity index (χ3v) is 4.88. The maximum atomic E-state index is 14.4. The van der Waals surface area contributed by atoms with Gasteiger partial charge in [0.05, 0.1) is 0 Å². The van der Waals surface area contributed by atoms with Gasteiger partial charge in [-0.1, -0.05) is 13.8 Å². The van der Waals surface area contributed by atoms with E-state index in [1.807, 2.05) is 6.07 Å². The summed E-state index contributed by atoms with van der Waals surface area (Å²) in [6.07, 6.45) is 5.60. The summed E-state index contributed by atoms with van der Waals surface area (Å²) < 4.78 is 15.9. The molecule has 4 rings (SSSR count). The van der Waals surface area contributed by atoms with Gasteiger partial charge < -0.3 is 10.2 Å². The lowest BCUT2D eigenvalue weighted by atomic mass is 10.1. The maximum absolute atomic E-state index is 14.4. The molecule has 3 heterocycles. The second-order valence-corrected chi connectivity index (χ2v) is 7.20. The molecule has 0 unspecified atom stereocenters. The first-order valence-electron chi connectivity index (χ1n) is 9.22. The minimum absolute atomic E-state index is 0.154. The van der Waals surface area contributed by atoms with Gasteiger partial charge in [-0.2, -0.15) is 0 Å². The van der Waals surface area contributed by atoms with E-state index in [-0.39, 0.29) is 11.7 Å². The number of likely N-dealkylation sites (tertiary alicyclic amines) is 1. The number of nitrogens with zero attached hydrogens (tertiary/aromatic N) is 4. The van der Waals surface area contributed by atoms with Crippen LogP contribution in [-0.2, 0) is 0 Å². The van der Waals surface area contributed by atoms with E-state index in [4.69, 9.17) is 0 Å². The van der Waals surface area contributed by atoms with Crippen molar-refractivity contribution in [3.63, 3.8) is 0 Å². The molecular weight excluding hydrogens is 345 g/mol. The highest BCUT2D eigenvalue weighted by Crippen LogP contribution is 2.23. The average molecular weight is 367 g/mol. The third kappa shape index (κ3) is 3.49. The van der Waals surface area contributed by atoms with Crippen molar-refractivity contribution in [3.05, 3.63) is 48.0 Å². The number of carbonyl (C=O) groups is 1. The number of halogens is 1. The standard InChI is InChI=1S/C20H22FN5O/c1-13(2)14-9-15-12-26(24-19(15)22-11-14)18-10-16(5-6-17(18)21)23-20(27)25-7-3-4-8-25/h5-6,9-13H,3-4,7-8H2,1-2H3,(H,23,27). The molecule has 1 N–H and O–H groups in total. The number of urea groups is 1. The molecule has 0 saturated carbocycles. The van der Waals surface area contributed by atoms with E-state index in [0.29, 0.717) is 17.3 Å². The molecule has 1 aromatic carbocycles. The maximum Gasteiger partial charge on any atom is 0.321 e. The molecule has 6 nitrogen and oxygen atoms in total. The van der Waals surface area contributed by atoms with Crippen molar-refractivity contribution in [2.45, 2.75) is 32.6 Å². The normalized spacial score (nSPS) is 14.3. The number of hydrogen-bond donors (Lipinski definition) is 1. The molecule has 2 amide bonds. The fourth-order valence-corrected chi connectivity index (χ4v) is 3.26. The van der Waals surface area contributed by atoms with Gasteiger partial charge in [-0.3, -0.25) is 0 Å². The minimum atomic E-state index is -0.411. The molecule has 1 aliphatic heterocycles. The van der Waals surface area contributed by atoms with Crippen LogP contribution in [0.2, 0.25) is 0 Å². The highest BCUT2D eigenvalue weighted by molar-refractivity contribution is 5.89. The number of nitrogens with one attached hydrogen (secondary N) is 1. The summed E-state index contributed by atoms with van der Waals surface area (Å²) >= 11 is 0. The molecule has 0 spiro atoms. The topological polar surface area (TPSA) is 63.1 Å². The number of amides is 2. The van der Waals surface area contributed by atoms with Gasteiger partial charge in [-0.25, -0.2) is 18.9 Å². The van der Waals surface area contributed by atoms with E-state index < -0.39 is 5.82 Å².